The van der Waals surface area contributed by atoms with Crippen molar-refractivity contribution in [2.45, 2.75) is 57.7 Å². The summed E-state index contributed by atoms with van der Waals surface area (Å²) in [5, 5.41) is 19.8. The molecule has 0 aliphatic heterocycles. The molecule has 1 aliphatic carbocycles. The maximum atomic E-state index is 11.0. The smallest absolute Gasteiger partial charge is 0.303 e. The lowest BCUT2D eigenvalue weighted by Crippen LogP contribution is -2.59. The standard InChI is InChI=1S/C12H18O8/c1-5(13)18-8-4-9(19-6(2)14)12(20-7(3)15)11(17)10(8)16/h8-12,16-17H,4H2,1-3H3/t8-,9-,10-,11-,12-/m1/s1. The highest BCUT2D eigenvalue weighted by Gasteiger charge is 2.48. The predicted molar refractivity (Wildman–Crippen MR) is 63.3 cm³/mol. The van der Waals surface area contributed by atoms with Gasteiger partial charge in [0.2, 0.25) is 0 Å². The Bertz CT molecular complexity index is 393. The first-order valence-corrected chi connectivity index (χ1v) is 6.10. The monoisotopic (exact) mass is 290 g/mol. The number of aliphatic hydroxyl groups excluding tert-OH is 2. The predicted octanol–water partition coefficient (Wildman–Crippen LogP) is -1.09. The van der Waals surface area contributed by atoms with Crippen molar-refractivity contribution in [3.05, 3.63) is 0 Å². The van der Waals surface area contributed by atoms with Crippen molar-refractivity contribution in [1.82, 2.24) is 0 Å². The van der Waals surface area contributed by atoms with Crippen LogP contribution < -0.4 is 0 Å². The third-order valence-corrected chi connectivity index (χ3v) is 2.84. The fourth-order valence-electron chi connectivity index (χ4n) is 2.13. The van der Waals surface area contributed by atoms with Gasteiger partial charge in [-0.15, -0.1) is 0 Å². The largest absolute Gasteiger partial charge is 0.460 e. The molecule has 0 heterocycles. The van der Waals surface area contributed by atoms with Crippen LogP contribution in [-0.4, -0.2) is 58.6 Å². The van der Waals surface area contributed by atoms with E-state index in [1.807, 2.05) is 0 Å². The van der Waals surface area contributed by atoms with Gasteiger partial charge in [0.15, 0.2) is 6.10 Å². The maximum absolute atomic E-state index is 11.0. The molecule has 0 aromatic rings. The van der Waals surface area contributed by atoms with Crippen LogP contribution in [0.25, 0.3) is 0 Å². The molecule has 5 atom stereocenters. The van der Waals surface area contributed by atoms with E-state index in [0.717, 1.165) is 20.8 Å². The van der Waals surface area contributed by atoms with E-state index in [4.69, 9.17) is 14.2 Å². The Morgan fingerprint density at radius 3 is 1.70 bits per heavy atom. The third kappa shape index (κ3) is 4.17. The van der Waals surface area contributed by atoms with Crippen LogP contribution in [0.3, 0.4) is 0 Å². The zero-order valence-electron chi connectivity index (χ0n) is 11.4. The fraction of sp³-hybridized carbons (Fsp3) is 0.750. The molecule has 0 aromatic heterocycles. The molecule has 1 saturated carbocycles. The summed E-state index contributed by atoms with van der Waals surface area (Å²) in [6, 6.07) is 0. The topological polar surface area (TPSA) is 119 Å². The first-order chi connectivity index (χ1) is 9.22. The maximum Gasteiger partial charge on any atom is 0.303 e. The molecule has 114 valence electrons. The minimum Gasteiger partial charge on any atom is -0.460 e. The Labute approximate surface area is 115 Å². The molecular formula is C12H18O8. The van der Waals surface area contributed by atoms with E-state index in [9.17, 15) is 24.6 Å². The molecule has 1 aliphatic rings. The van der Waals surface area contributed by atoms with Crippen LogP contribution in [0, 0.1) is 0 Å². The highest BCUT2D eigenvalue weighted by atomic mass is 16.6. The normalized spacial score (nSPS) is 33.1. The number of hydrogen-bond acceptors (Lipinski definition) is 8. The molecule has 2 N–H and O–H groups in total. The molecule has 0 amide bonds. The van der Waals surface area contributed by atoms with Gasteiger partial charge in [0.1, 0.15) is 24.4 Å². The number of esters is 3. The minimum atomic E-state index is -1.53. The number of hydrogen-bond donors (Lipinski definition) is 2. The molecule has 0 spiro atoms. The molecule has 0 radical (unpaired) electrons. The number of ether oxygens (including phenoxy) is 3. The van der Waals surface area contributed by atoms with Gasteiger partial charge in [-0.1, -0.05) is 0 Å². The van der Waals surface area contributed by atoms with Crippen molar-refractivity contribution in [3.63, 3.8) is 0 Å². The van der Waals surface area contributed by atoms with Gasteiger partial charge in [0.25, 0.3) is 0 Å². The summed E-state index contributed by atoms with van der Waals surface area (Å²) < 4.78 is 14.7. The van der Waals surface area contributed by atoms with E-state index in [0.29, 0.717) is 0 Å². The van der Waals surface area contributed by atoms with Crippen molar-refractivity contribution in [1.29, 1.82) is 0 Å². The summed E-state index contributed by atoms with van der Waals surface area (Å²) in [4.78, 5) is 33.0. The summed E-state index contributed by atoms with van der Waals surface area (Å²) in [7, 11) is 0. The quantitative estimate of drug-likeness (QED) is 0.497. The molecule has 8 heteroatoms. The number of carbonyl (C=O) groups excluding carboxylic acids is 3. The lowest BCUT2D eigenvalue weighted by Gasteiger charge is -2.40. The van der Waals surface area contributed by atoms with Crippen LogP contribution in [0.1, 0.15) is 27.2 Å². The van der Waals surface area contributed by atoms with Gasteiger partial charge in [-0.2, -0.15) is 0 Å². The van der Waals surface area contributed by atoms with Gasteiger partial charge in [-0.05, 0) is 0 Å². The van der Waals surface area contributed by atoms with Gasteiger partial charge in [0.05, 0.1) is 0 Å². The zero-order chi connectivity index (χ0) is 15.4. The molecule has 8 nitrogen and oxygen atoms in total. The molecule has 0 unspecified atom stereocenters. The van der Waals surface area contributed by atoms with Gasteiger partial charge < -0.3 is 24.4 Å². The Kier molecular flexibility index (Phi) is 5.46. The van der Waals surface area contributed by atoms with Crippen LogP contribution in [0.4, 0.5) is 0 Å². The number of aliphatic hydroxyl groups is 2. The third-order valence-electron chi connectivity index (χ3n) is 2.84. The first kappa shape index (κ1) is 16.4. The van der Waals surface area contributed by atoms with Gasteiger partial charge in [0, 0.05) is 27.2 Å². The van der Waals surface area contributed by atoms with Crippen LogP contribution in [0.2, 0.25) is 0 Å². The highest BCUT2D eigenvalue weighted by Crippen LogP contribution is 2.28. The molecule has 1 fully saturated rings. The van der Waals surface area contributed by atoms with Crippen LogP contribution in [-0.2, 0) is 28.6 Å². The average molecular weight is 290 g/mol. The summed E-state index contributed by atoms with van der Waals surface area (Å²) >= 11 is 0. The van der Waals surface area contributed by atoms with Gasteiger partial charge in [-0.25, -0.2) is 0 Å². The SMILES string of the molecule is CC(=O)O[C@H]1[C@H](O)[C@H](O)[C@H](OC(C)=O)C[C@H]1OC(C)=O. The second-order valence-electron chi connectivity index (χ2n) is 4.59. The van der Waals surface area contributed by atoms with Crippen molar-refractivity contribution < 1.29 is 38.8 Å². The lowest BCUT2D eigenvalue weighted by atomic mass is 9.87. The molecule has 0 aromatic carbocycles. The van der Waals surface area contributed by atoms with Crippen molar-refractivity contribution >= 4 is 17.9 Å². The lowest BCUT2D eigenvalue weighted by molar-refractivity contribution is -0.215. The molecule has 1 rings (SSSR count). The fourth-order valence-corrected chi connectivity index (χ4v) is 2.13. The Balaban J connectivity index is 2.90. The Hall–Kier alpha value is -1.67. The molecule has 0 saturated heterocycles. The zero-order valence-corrected chi connectivity index (χ0v) is 11.4. The minimum absolute atomic E-state index is 0.0741. The van der Waals surface area contributed by atoms with Crippen LogP contribution in [0.15, 0.2) is 0 Å². The molecule has 0 bridgehead atoms. The highest BCUT2D eigenvalue weighted by molar-refractivity contribution is 5.68. The van der Waals surface area contributed by atoms with Crippen LogP contribution in [0.5, 0.6) is 0 Å². The van der Waals surface area contributed by atoms with Gasteiger partial charge >= 0.3 is 17.9 Å². The van der Waals surface area contributed by atoms with Crippen molar-refractivity contribution in [2.75, 3.05) is 0 Å². The molecule has 20 heavy (non-hydrogen) atoms. The van der Waals surface area contributed by atoms with Crippen molar-refractivity contribution in [3.8, 4) is 0 Å². The number of carbonyl (C=O) groups is 3. The Morgan fingerprint density at radius 1 is 0.800 bits per heavy atom. The summed E-state index contributed by atoms with van der Waals surface area (Å²) in [5.74, 6) is -1.98. The number of rotatable bonds is 3. The van der Waals surface area contributed by atoms with E-state index in [1.165, 1.54) is 0 Å². The summed E-state index contributed by atoms with van der Waals surface area (Å²) in [5.41, 5.74) is 0. The Morgan fingerprint density at radius 2 is 1.25 bits per heavy atom. The van der Waals surface area contributed by atoms with E-state index < -0.39 is 48.4 Å². The van der Waals surface area contributed by atoms with E-state index in [2.05, 4.69) is 0 Å². The van der Waals surface area contributed by atoms with Crippen LogP contribution >= 0.6 is 0 Å². The van der Waals surface area contributed by atoms with E-state index in [1.54, 1.807) is 0 Å². The van der Waals surface area contributed by atoms with Crippen molar-refractivity contribution in [2.24, 2.45) is 0 Å². The summed E-state index contributed by atoms with van der Waals surface area (Å²) in [6.45, 7) is 3.43. The summed E-state index contributed by atoms with van der Waals surface area (Å²) in [6.07, 6.45) is -6.29. The second kappa shape index (κ2) is 6.67. The average Bonchev–Trinajstić information content (AvgIpc) is 2.29. The van der Waals surface area contributed by atoms with E-state index in [-0.39, 0.29) is 6.42 Å². The first-order valence-electron chi connectivity index (χ1n) is 6.10. The second-order valence-corrected chi connectivity index (χ2v) is 4.59. The molecular weight excluding hydrogens is 272 g/mol. The van der Waals surface area contributed by atoms with E-state index >= 15 is 0 Å². The van der Waals surface area contributed by atoms with Gasteiger partial charge in [-0.3, -0.25) is 14.4 Å².